The Bertz CT molecular complexity index is 371. The van der Waals surface area contributed by atoms with Gasteiger partial charge in [-0.15, -0.1) is 0 Å². The van der Waals surface area contributed by atoms with Gasteiger partial charge in [0.25, 0.3) is 5.91 Å². The summed E-state index contributed by atoms with van der Waals surface area (Å²) in [5.74, 6) is -0.147. The zero-order valence-corrected chi connectivity index (χ0v) is 10.5. The summed E-state index contributed by atoms with van der Waals surface area (Å²) in [5.41, 5.74) is 1.03. The number of hydrogen-bond donors (Lipinski definition) is 2. The van der Waals surface area contributed by atoms with Crippen LogP contribution in [0.4, 0.5) is 0 Å². The third-order valence-electron chi connectivity index (χ3n) is 2.72. The molecule has 0 radical (unpaired) electrons. The van der Waals surface area contributed by atoms with Gasteiger partial charge in [0.2, 0.25) is 0 Å². The quantitative estimate of drug-likeness (QED) is 0.809. The molecule has 0 aliphatic heterocycles. The first-order valence-corrected chi connectivity index (χ1v) is 5.51. The van der Waals surface area contributed by atoms with Crippen LogP contribution in [0, 0.1) is 0 Å². The summed E-state index contributed by atoms with van der Waals surface area (Å²) in [5, 5.41) is 11.7. The van der Waals surface area contributed by atoms with E-state index in [1.54, 1.807) is 13.8 Å². The Morgan fingerprint density at radius 3 is 2.29 bits per heavy atom. The number of carbonyl (C=O) groups is 1. The molecule has 17 heavy (non-hydrogen) atoms. The van der Waals surface area contributed by atoms with Crippen molar-refractivity contribution in [3.8, 4) is 0 Å². The second kappa shape index (κ2) is 5.80. The van der Waals surface area contributed by atoms with Crippen LogP contribution in [0.5, 0.6) is 0 Å². The normalized spacial score (nSPS) is 11.3. The van der Waals surface area contributed by atoms with Gasteiger partial charge in [-0.25, -0.2) is 0 Å². The first kappa shape index (κ1) is 13.7. The van der Waals surface area contributed by atoms with Crippen molar-refractivity contribution in [2.24, 2.45) is 0 Å². The smallest absolute Gasteiger partial charge is 0.251 e. The van der Waals surface area contributed by atoms with Crippen LogP contribution in [-0.4, -0.2) is 23.7 Å². The van der Waals surface area contributed by atoms with Gasteiger partial charge in [-0.1, -0.05) is 24.3 Å². The van der Waals surface area contributed by atoms with E-state index in [2.05, 4.69) is 5.32 Å². The number of aliphatic hydroxyl groups is 1. The first-order chi connectivity index (χ1) is 7.99. The van der Waals surface area contributed by atoms with Crippen LogP contribution in [0.3, 0.4) is 0 Å². The Balaban J connectivity index is 2.53. The lowest BCUT2D eigenvalue weighted by Crippen LogP contribution is -2.43. The summed E-state index contributed by atoms with van der Waals surface area (Å²) in [7, 11) is 1.51. The molecule has 0 aliphatic carbocycles. The van der Waals surface area contributed by atoms with Gasteiger partial charge in [-0.2, -0.15) is 0 Å². The van der Waals surface area contributed by atoms with Gasteiger partial charge in [0.1, 0.15) is 5.60 Å². The van der Waals surface area contributed by atoms with E-state index in [1.165, 1.54) is 7.11 Å². The molecule has 0 unspecified atom stereocenters. The van der Waals surface area contributed by atoms with Crippen molar-refractivity contribution in [3.05, 3.63) is 35.4 Å². The van der Waals surface area contributed by atoms with E-state index < -0.39 is 5.60 Å². The molecule has 0 saturated carbocycles. The zero-order chi connectivity index (χ0) is 12.9. The summed E-state index contributed by atoms with van der Waals surface area (Å²) < 4.78 is 5.08. The van der Waals surface area contributed by atoms with Gasteiger partial charge in [-0.05, 0) is 25.0 Å². The van der Waals surface area contributed by atoms with Crippen molar-refractivity contribution in [2.45, 2.75) is 32.6 Å². The van der Waals surface area contributed by atoms with Crippen LogP contribution in [0.25, 0.3) is 0 Å². The average molecular weight is 237 g/mol. The van der Waals surface area contributed by atoms with Crippen LogP contribution >= 0.6 is 0 Å². The molecule has 1 amide bonds. The van der Waals surface area contributed by atoms with Crippen LogP contribution in [0.2, 0.25) is 0 Å². The lowest BCUT2D eigenvalue weighted by Gasteiger charge is -2.21. The largest absolute Gasteiger partial charge is 0.392 e. The van der Waals surface area contributed by atoms with Crippen LogP contribution in [0.15, 0.2) is 24.3 Å². The third-order valence-corrected chi connectivity index (χ3v) is 2.72. The van der Waals surface area contributed by atoms with Crippen LogP contribution in [0.1, 0.15) is 25.0 Å². The Morgan fingerprint density at radius 1 is 1.29 bits per heavy atom. The Morgan fingerprint density at radius 2 is 1.82 bits per heavy atom. The van der Waals surface area contributed by atoms with Crippen molar-refractivity contribution < 1.29 is 14.6 Å². The van der Waals surface area contributed by atoms with Crippen LogP contribution < -0.4 is 5.32 Å². The maximum Gasteiger partial charge on any atom is 0.251 e. The Labute approximate surface area is 102 Å². The first-order valence-electron chi connectivity index (χ1n) is 5.51. The number of hydrogen-bond acceptors (Lipinski definition) is 3. The molecule has 4 nitrogen and oxygen atoms in total. The number of methoxy groups -OCH3 is 1. The Kier molecular flexibility index (Phi) is 4.66. The molecular formula is C13H19NO3. The molecule has 4 heteroatoms. The topological polar surface area (TPSA) is 58.6 Å². The van der Waals surface area contributed by atoms with Gasteiger partial charge >= 0.3 is 0 Å². The van der Waals surface area contributed by atoms with Gasteiger partial charge in [0.15, 0.2) is 0 Å². The summed E-state index contributed by atoms with van der Waals surface area (Å²) >= 11 is 0. The van der Waals surface area contributed by atoms with Gasteiger partial charge in [0.05, 0.1) is 6.61 Å². The molecule has 0 saturated heterocycles. The lowest BCUT2D eigenvalue weighted by atomic mass is 10.1. The van der Waals surface area contributed by atoms with E-state index in [-0.39, 0.29) is 12.5 Å². The molecule has 0 atom stereocenters. The van der Waals surface area contributed by atoms with Crippen molar-refractivity contribution in [1.82, 2.24) is 5.32 Å². The fraction of sp³-hybridized carbons (Fsp3) is 0.462. The average Bonchev–Trinajstić information content (AvgIpc) is 2.36. The fourth-order valence-electron chi connectivity index (χ4n) is 1.25. The highest BCUT2D eigenvalue weighted by molar-refractivity contribution is 5.84. The zero-order valence-electron chi connectivity index (χ0n) is 10.5. The van der Waals surface area contributed by atoms with E-state index >= 15 is 0 Å². The molecule has 94 valence electrons. The van der Waals surface area contributed by atoms with Crippen LogP contribution in [-0.2, 0) is 22.7 Å². The second-order valence-corrected chi connectivity index (χ2v) is 4.37. The van der Waals surface area contributed by atoms with E-state index in [0.29, 0.717) is 6.54 Å². The predicted molar refractivity (Wildman–Crippen MR) is 65.3 cm³/mol. The fourth-order valence-corrected chi connectivity index (χ4v) is 1.25. The highest BCUT2D eigenvalue weighted by atomic mass is 16.5. The monoisotopic (exact) mass is 237 g/mol. The number of aliphatic hydroxyl groups excluding tert-OH is 1. The van der Waals surface area contributed by atoms with Crippen molar-refractivity contribution in [3.63, 3.8) is 0 Å². The second-order valence-electron chi connectivity index (χ2n) is 4.37. The van der Waals surface area contributed by atoms with Crippen molar-refractivity contribution in [1.29, 1.82) is 0 Å². The molecule has 0 fully saturated rings. The molecule has 0 spiro atoms. The standard InChI is InChI=1S/C13H19NO3/c1-13(2,17-3)12(16)14-8-10-4-6-11(9-15)7-5-10/h4-7,15H,8-9H2,1-3H3,(H,14,16). The molecule has 1 rings (SSSR count). The van der Waals surface area contributed by atoms with Crippen molar-refractivity contribution in [2.75, 3.05) is 7.11 Å². The molecule has 1 aromatic rings. The molecule has 1 aromatic carbocycles. The lowest BCUT2D eigenvalue weighted by molar-refractivity contribution is -0.139. The molecule has 0 aromatic heterocycles. The number of nitrogens with one attached hydrogen (secondary N) is 1. The van der Waals surface area contributed by atoms with E-state index in [9.17, 15) is 4.79 Å². The number of rotatable bonds is 5. The highest BCUT2D eigenvalue weighted by Gasteiger charge is 2.26. The summed E-state index contributed by atoms with van der Waals surface area (Å²) in [6.07, 6.45) is 0. The SMILES string of the molecule is COC(C)(C)C(=O)NCc1ccc(CO)cc1. The number of carbonyl (C=O) groups excluding carboxylic acids is 1. The van der Waals surface area contributed by atoms with E-state index in [1.807, 2.05) is 24.3 Å². The summed E-state index contributed by atoms with van der Waals surface area (Å²) in [6, 6.07) is 7.43. The van der Waals surface area contributed by atoms with Crippen molar-refractivity contribution >= 4 is 5.91 Å². The minimum atomic E-state index is -0.814. The third kappa shape index (κ3) is 3.84. The van der Waals surface area contributed by atoms with E-state index in [4.69, 9.17) is 9.84 Å². The Hall–Kier alpha value is -1.39. The maximum atomic E-state index is 11.7. The van der Waals surface area contributed by atoms with E-state index in [0.717, 1.165) is 11.1 Å². The van der Waals surface area contributed by atoms with Gasteiger partial charge < -0.3 is 15.2 Å². The minimum absolute atomic E-state index is 0.0311. The molecule has 0 heterocycles. The minimum Gasteiger partial charge on any atom is -0.392 e. The molecule has 0 aliphatic rings. The summed E-state index contributed by atoms with van der Waals surface area (Å²) in [4.78, 5) is 11.7. The maximum absolute atomic E-state index is 11.7. The predicted octanol–water partition coefficient (Wildman–Crippen LogP) is 1.22. The number of ether oxygens (including phenoxy) is 1. The summed E-state index contributed by atoms with van der Waals surface area (Å²) in [6.45, 7) is 3.93. The number of amides is 1. The molecular weight excluding hydrogens is 218 g/mol. The van der Waals surface area contributed by atoms with Gasteiger partial charge in [0, 0.05) is 13.7 Å². The number of benzene rings is 1. The molecule has 2 N–H and O–H groups in total. The molecule has 0 bridgehead atoms. The van der Waals surface area contributed by atoms with Gasteiger partial charge in [-0.3, -0.25) is 4.79 Å². The highest BCUT2D eigenvalue weighted by Crippen LogP contribution is 2.08.